The SMILES string of the molecule is Cc1ccc(CN(C)Cn2nc3n(c2=S)CCCCC3)cc1. The van der Waals surface area contributed by atoms with Gasteiger partial charge in [0.1, 0.15) is 5.82 Å². The van der Waals surface area contributed by atoms with E-state index in [2.05, 4.69) is 47.7 Å². The van der Waals surface area contributed by atoms with Crippen molar-refractivity contribution in [3.63, 3.8) is 0 Å². The van der Waals surface area contributed by atoms with Crippen molar-refractivity contribution in [3.8, 4) is 0 Å². The first-order valence-corrected chi connectivity index (χ1v) is 8.45. The van der Waals surface area contributed by atoms with Crippen LogP contribution in [0.2, 0.25) is 0 Å². The molecule has 118 valence electrons. The Labute approximate surface area is 137 Å². The van der Waals surface area contributed by atoms with Gasteiger partial charge in [-0.3, -0.25) is 4.90 Å². The quantitative estimate of drug-likeness (QED) is 0.807. The van der Waals surface area contributed by atoms with E-state index in [1.807, 2.05) is 4.68 Å². The van der Waals surface area contributed by atoms with Crippen molar-refractivity contribution in [2.24, 2.45) is 0 Å². The van der Waals surface area contributed by atoms with E-state index in [4.69, 9.17) is 17.3 Å². The first-order valence-electron chi connectivity index (χ1n) is 8.04. The monoisotopic (exact) mass is 316 g/mol. The summed E-state index contributed by atoms with van der Waals surface area (Å²) in [5.41, 5.74) is 2.62. The zero-order chi connectivity index (χ0) is 15.5. The van der Waals surface area contributed by atoms with Crippen LogP contribution in [0.5, 0.6) is 0 Å². The van der Waals surface area contributed by atoms with E-state index in [-0.39, 0.29) is 0 Å². The van der Waals surface area contributed by atoms with Gasteiger partial charge in [0.05, 0.1) is 6.67 Å². The minimum Gasteiger partial charge on any atom is -0.304 e. The molecule has 0 bridgehead atoms. The van der Waals surface area contributed by atoms with Gasteiger partial charge in [0.25, 0.3) is 0 Å². The van der Waals surface area contributed by atoms with Gasteiger partial charge in [0.2, 0.25) is 0 Å². The Bertz CT molecular complexity index is 684. The van der Waals surface area contributed by atoms with E-state index in [9.17, 15) is 0 Å². The molecule has 0 amide bonds. The summed E-state index contributed by atoms with van der Waals surface area (Å²) in [7, 11) is 2.12. The summed E-state index contributed by atoms with van der Waals surface area (Å²) in [6.45, 7) is 4.79. The van der Waals surface area contributed by atoms with Gasteiger partial charge in [0.15, 0.2) is 4.77 Å². The van der Waals surface area contributed by atoms with Gasteiger partial charge >= 0.3 is 0 Å². The average Bonchev–Trinajstić information content (AvgIpc) is 2.67. The minimum absolute atomic E-state index is 0.743. The summed E-state index contributed by atoms with van der Waals surface area (Å²) in [4.78, 5) is 2.26. The lowest BCUT2D eigenvalue weighted by Crippen LogP contribution is -2.22. The third-order valence-corrected chi connectivity index (χ3v) is 4.66. The fourth-order valence-corrected chi connectivity index (χ4v) is 3.30. The molecule has 1 aliphatic rings. The first-order chi connectivity index (χ1) is 10.6. The normalized spacial score (nSPS) is 14.9. The molecule has 0 saturated carbocycles. The van der Waals surface area contributed by atoms with Crippen LogP contribution in [0.15, 0.2) is 24.3 Å². The highest BCUT2D eigenvalue weighted by Crippen LogP contribution is 2.14. The average molecular weight is 316 g/mol. The number of aryl methyl sites for hydroxylation is 2. The van der Waals surface area contributed by atoms with Crippen molar-refractivity contribution in [2.45, 2.75) is 52.4 Å². The van der Waals surface area contributed by atoms with Crippen LogP contribution in [-0.2, 0) is 26.2 Å². The molecule has 4 nitrogen and oxygen atoms in total. The second kappa shape index (κ2) is 6.75. The molecule has 0 fully saturated rings. The van der Waals surface area contributed by atoms with Crippen molar-refractivity contribution in [1.82, 2.24) is 19.2 Å². The molecule has 3 rings (SSSR count). The molecule has 1 aromatic heterocycles. The highest BCUT2D eigenvalue weighted by atomic mass is 32.1. The lowest BCUT2D eigenvalue weighted by molar-refractivity contribution is 0.243. The molecule has 2 heterocycles. The van der Waals surface area contributed by atoms with Gasteiger partial charge in [-0.1, -0.05) is 36.2 Å². The lowest BCUT2D eigenvalue weighted by atomic mass is 10.1. The fourth-order valence-electron chi connectivity index (χ4n) is 3.00. The maximum atomic E-state index is 5.61. The molecule has 0 atom stereocenters. The first kappa shape index (κ1) is 15.4. The second-order valence-corrected chi connectivity index (χ2v) is 6.67. The van der Waals surface area contributed by atoms with Gasteiger partial charge in [0, 0.05) is 19.5 Å². The third-order valence-electron chi connectivity index (χ3n) is 4.23. The van der Waals surface area contributed by atoms with Gasteiger partial charge in [-0.25, -0.2) is 4.68 Å². The van der Waals surface area contributed by atoms with Crippen LogP contribution >= 0.6 is 12.2 Å². The number of hydrogen-bond acceptors (Lipinski definition) is 3. The van der Waals surface area contributed by atoms with Crippen LogP contribution < -0.4 is 0 Å². The standard InChI is InChI=1S/C17H24N4S/c1-14-7-9-15(10-8-14)12-19(2)13-21-17(22)20-11-5-3-4-6-16(20)18-21/h7-10H,3-6,11-13H2,1-2H3. The van der Waals surface area contributed by atoms with Crippen LogP contribution in [0, 0.1) is 11.7 Å². The number of benzene rings is 1. The van der Waals surface area contributed by atoms with Gasteiger partial charge in [-0.15, -0.1) is 0 Å². The molecule has 1 aromatic carbocycles. The summed E-state index contributed by atoms with van der Waals surface area (Å²) in [6, 6.07) is 8.70. The summed E-state index contributed by atoms with van der Waals surface area (Å²) < 4.78 is 5.07. The minimum atomic E-state index is 0.743. The van der Waals surface area contributed by atoms with Crippen LogP contribution in [0.4, 0.5) is 0 Å². The van der Waals surface area contributed by atoms with Crippen molar-refractivity contribution in [2.75, 3.05) is 7.05 Å². The molecule has 0 N–H and O–H groups in total. The molecule has 0 saturated heterocycles. The van der Waals surface area contributed by atoms with Gasteiger partial charge < -0.3 is 4.57 Å². The van der Waals surface area contributed by atoms with Crippen molar-refractivity contribution in [3.05, 3.63) is 46.0 Å². The van der Waals surface area contributed by atoms with E-state index in [0.29, 0.717) is 0 Å². The van der Waals surface area contributed by atoms with Gasteiger partial charge in [-0.2, -0.15) is 5.10 Å². The largest absolute Gasteiger partial charge is 0.304 e. The molecular formula is C17H24N4S. The maximum Gasteiger partial charge on any atom is 0.199 e. The molecule has 22 heavy (non-hydrogen) atoms. The summed E-state index contributed by atoms with van der Waals surface area (Å²) >= 11 is 5.61. The molecule has 1 aliphatic heterocycles. The summed E-state index contributed by atoms with van der Waals surface area (Å²) in [5, 5.41) is 4.74. The lowest BCUT2D eigenvalue weighted by Gasteiger charge is -2.16. The highest BCUT2D eigenvalue weighted by Gasteiger charge is 2.14. The fraction of sp³-hybridized carbons (Fsp3) is 0.529. The predicted molar refractivity (Wildman–Crippen MR) is 91.3 cm³/mol. The number of fused-ring (bicyclic) bond motifs is 1. The van der Waals surface area contributed by atoms with E-state index in [1.54, 1.807) is 0 Å². The number of rotatable bonds is 4. The molecular weight excluding hydrogens is 292 g/mol. The van der Waals surface area contributed by atoms with Crippen molar-refractivity contribution < 1.29 is 0 Å². The van der Waals surface area contributed by atoms with E-state index < -0.39 is 0 Å². The van der Waals surface area contributed by atoms with E-state index in [1.165, 1.54) is 30.4 Å². The van der Waals surface area contributed by atoms with Crippen LogP contribution in [0.25, 0.3) is 0 Å². The Hall–Kier alpha value is -1.46. The van der Waals surface area contributed by atoms with Gasteiger partial charge in [-0.05, 0) is 44.6 Å². The molecule has 0 radical (unpaired) electrons. The van der Waals surface area contributed by atoms with Crippen LogP contribution in [0.3, 0.4) is 0 Å². The molecule has 2 aromatic rings. The number of nitrogens with zero attached hydrogens (tertiary/aromatic N) is 4. The molecule has 0 unspecified atom stereocenters. The van der Waals surface area contributed by atoms with Crippen LogP contribution in [-0.4, -0.2) is 26.3 Å². The van der Waals surface area contributed by atoms with E-state index in [0.717, 1.165) is 36.8 Å². The number of aromatic nitrogens is 3. The molecule has 0 aliphatic carbocycles. The highest BCUT2D eigenvalue weighted by molar-refractivity contribution is 7.71. The van der Waals surface area contributed by atoms with E-state index >= 15 is 0 Å². The molecule has 0 spiro atoms. The van der Waals surface area contributed by atoms with Crippen molar-refractivity contribution >= 4 is 12.2 Å². The molecule has 5 heteroatoms. The maximum absolute atomic E-state index is 5.61. The summed E-state index contributed by atoms with van der Waals surface area (Å²) in [6.07, 6.45) is 4.78. The smallest absolute Gasteiger partial charge is 0.199 e. The van der Waals surface area contributed by atoms with Crippen LogP contribution in [0.1, 0.15) is 36.2 Å². The zero-order valence-corrected chi connectivity index (χ0v) is 14.3. The Morgan fingerprint density at radius 1 is 1.18 bits per heavy atom. The summed E-state index contributed by atoms with van der Waals surface area (Å²) in [5.74, 6) is 1.16. The number of hydrogen-bond donors (Lipinski definition) is 0. The topological polar surface area (TPSA) is 26.0 Å². The Morgan fingerprint density at radius 3 is 2.73 bits per heavy atom. The Morgan fingerprint density at radius 2 is 1.95 bits per heavy atom. The second-order valence-electron chi connectivity index (χ2n) is 6.30. The Balaban J connectivity index is 1.70. The predicted octanol–water partition coefficient (Wildman–Crippen LogP) is 3.54. The third kappa shape index (κ3) is 3.47. The zero-order valence-electron chi connectivity index (χ0n) is 13.5. The van der Waals surface area contributed by atoms with Crippen molar-refractivity contribution in [1.29, 1.82) is 0 Å². The Kier molecular flexibility index (Phi) is 4.74.